The largest absolute Gasteiger partial charge is 0.244 e. The second-order valence-corrected chi connectivity index (χ2v) is 7.68. The molecule has 0 aliphatic carbocycles. The van der Waals surface area contributed by atoms with Gasteiger partial charge in [-0.1, -0.05) is 31.2 Å². The fraction of sp³-hybridized carbons (Fsp3) is 0.188. The highest BCUT2D eigenvalue weighted by Crippen LogP contribution is 2.30. The van der Waals surface area contributed by atoms with E-state index in [0.717, 1.165) is 17.0 Å². The van der Waals surface area contributed by atoms with Crippen molar-refractivity contribution in [1.29, 1.82) is 0 Å². The van der Waals surface area contributed by atoms with Crippen molar-refractivity contribution >= 4 is 21.4 Å². The average Bonchev–Trinajstić information content (AvgIpc) is 3.23. The zero-order valence-electron chi connectivity index (χ0n) is 12.6. The van der Waals surface area contributed by atoms with Crippen LogP contribution in [-0.2, 0) is 10.0 Å². The van der Waals surface area contributed by atoms with Crippen molar-refractivity contribution in [2.45, 2.75) is 18.2 Å². The lowest BCUT2D eigenvalue weighted by atomic mass is 10.3. The van der Waals surface area contributed by atoms with Gasteiger partial charge in [0.15, 0.2) is 0 Å². The molecule has 7 heteroatoms. The van der Waals surface area contributed by atoms with Gasteiger partial charge in [-0.15, -0.1) is 11.3 Å². The lowest BCUT2D eigenvalue weighted by Gasteiger charge is -2.04. The molecule has 0 saturated carbocycles. The predicted octanol–water partition coefficient (Wildman–Crippen LogP) is 3.29. The quantitative estimate of drug-likeness (QED) is 0.744. The van der Waals surface area contributed by atoms with E-state index in [1.54, 1.807) is 10.9 Å². The van der Waals surface area contributed by atoms with Gasteiger partial charge in [0.1, 0.15) is 10.6 Å². The van der Waals surface area contributed by atoms with Gasteiger partial charge in [0, 0.05) is 6.54 Å². The highest BCUT2D eigenvalue weighted by atomic mass is 32.2. The molecule has 0 saturated heterocycles. The Kier molecular flexibility index (Phi) is 4.61. The van der Waals surface area contributed by atoms with E-state index < -0.39 is 10.0 Å². The Bertz CT molecular complexity index is 869. The van der Waals surface area contributed by atoms with Crippen LogP contribution < -0.4 is 4.72 Å². The van der Waals surface area contributed by atoms with Gasteiger partial charge in [-0.05, 0) is 30.0 Å². The third kappa shape index (κ3) is 3.36. The Hall–Kier alpha value is -1.96. The number of sulfonamides is 1. The Labute approximate surface area is 139 Å². The summed E-state index contributed by atoms with van der Waals surface area (Å²) in [6.45, 7) is 2.33. The predicted molar refractivity (Wildman–Crippen MR) is 92.4 cm³/mol. The summed E-state index contributed by atoms with van der Waals surface area (Å²) in [5.41, 5.74) is 1.30. The van der Waals surface area contributed by atoms with Crippen molar-refractivity contribution < 1.29 is 8.42 Å². The Morgan fingerprint density at radius 3 is 2.61 bits per heavy atom. The van der Waals surface area contributed by atoms with Crippen LogP contribution in [0.5, 0.6) is 0 Å². The van der Waals surface area contributed by atoms with Crippen molar-refractivity contribution in [1.82, 2.24) is 14.5 Å². The first kappa shape index (κ1) is 15.9. The molecule has 3 rings (SSSR count). The normalized spacial score (nSPS) is 11.7. The van der Waals surface area contributed by atoms with Crippen LogP contribution in [-0.4, -0.2) is 24.7 Å². The smallest absolute Gasteiger partial charge is 0.239 e. The van der Waals surface area contributed by atoms with Gasteiger partial charge in [-0.25, -0.2) is 17.8 Å². The zero-order valence-corrected chi connectivity index (χ0v) is 14.3. The van der Waals surface area contributed by atoms with Crippen LogP contribution >= 0.6 is 11.3 Å². The van der Waals surface area contributed by atoms with E-state index in [2.05, 4.69) is 9.82 Å². The first-order chi connectivity index (χ1) is 11.1. The Morgan fingerprint density at radius 2 is 1.96 bits per heavy atom. The molecule has 0 spiro atoms. The van der Waals surface area contributed by atoms with Crippen LogP contribution in [0.2, 0.25) is 0 Å². The Balaban J connectivity index is 2.12. The minimum absolute atomic E-state index is 0.206. The maximum absolute atomic E-state index is 12.6. The molecule has 1 aromatic carbocycles. The molecule has 23 heavy (non-hydrogen) atoms. The van der Waals surface area contributed by atoms with E-state index in [1.165, 1.54) is 11.3 Å². The molecule has 5 nitrogen and oxygen atoms in total. The van der Waals surface area contributed by atoms with Crippen molar-refractivity contribution in [2.75, 3.05) is 6.54 Å². The molecule has 0 amide bonds. The minimum Gasteiger partial charge on any atom is -0.239 e. The van der Waals surface area contributed by atoms with Gasteiger partial charge in [0.05, 0.1) is 16.8 Å². The molecule has 0 bridgehead atoms. The first-order valence-corrected chi connectivity index (χ1v) is 9.66. The van der Waals surface area contributed by atoms with Gasteiger partial charge < -0.3 is 0 Å². The molecule has 120 valence electrons. The molecule has 1 N–H and O–H groups in total. The average molecular weight is 347 g/mol. The fourth-order valence-electron chi connectivity index (χ4n) is 2.17. The molecular weight excluding hydrogens is 330 g/mol. The summed E-state index contributed by atoms with van der Waals surface area (Å²) in [6.07, 6.45) is 2.31. The minimum atomic E-state index is -3.59. The maximum atomic E-state index is 12.6. The molecule has 0 radical (unpaired) electrons. The van der Waals surface area contributed by atoms with Gasteiger partial charge in [-0.2, -0.15) is 5.10 Å². The van der Waals surface area contributed by atoms with E-state index in [9.17, 15) is 8.42 Å². The van der Waals surface area contributed by atoms with Crippen molar-refractivity contribution in [3.05, 3.63) is 54.0 Å². The van der Waals surface area contributed by atoms with Crippen LogP contribution in [0.4, 0.5) is 0 Å². The molecule has 0 atom stereocenters. The van der Waals surface area contributed by atoms with Gasteiger partial charge in [-0.3, -0.25) is 0 Å². The monoisotopic (exact) mass is 347 g/mol. The molecule has 3 aromatic rings. The van der Waals surface area contributed by atoms with E-state index in [4.69, 9.17) is 0 Å². The summed E-state index contributed by atoms with van der Waals surface area (Å²) in [5, 5.41) is 6.41. The number of aromatic nitrogens is 2. The molecule has 0 unspecified atom stereocenters. The first-order valence-electron chi connectivity index (χ1n) is 7.30. The summed E-state index contributed by atoms with van der Waals surface area (Å²) in [7, 11) is -3.59. The van der Waals surface area contributed by atoms with Gasteiger partial charge >= 0.3 is 0 Å². The van der Waals surface area contributed by atoms with E-state index in [-0.39, 0.29) is 4.90 Å². The third-order valence-corrected chi connectivity index (χ3v) is 5.63. The van der Waals surface area contributed by atoms with E-state index in [1.807, 2.05) is 54.8 Å². The second kappa shape index (κ2) is 6.66. The molecule has 2 aromatic heterocycles. The number of benzene rings is 1. The van der Waals surface area contributed by atoms with Gasteiger partial charge in [0.2, 0.25) is 10.0 Å². The van der Waals surface area contributed by atoms with E-state index >= 15 is 0 Å². The van der Waals surface area contributed by atoms with Crippen LogP contribution in [0.25, 0.3) is 16.3 Å². The number of nitrogens with zero attached hydrogens (tertiary/aromatic N) is 2. The van der Waals surface area contributed by atoms with Gasteiger partial charge in [0.25, 0.3) is 0 Å². The highest BCUT2D eigenvalue weighted by Gasteiger charge is 2.24. The van der Waals surface area contributed by atoms with Crippen LogP contribution in [0.1, 0.15) is 13.3 Å². The van der Waals surface area contributed by atoms with E-state index in [0.29, 0.717) is 12.2 Å². The van der Waals surface area contributed by atoms with Crippen molar-refractivity contribution in [2.24, 2.45) is 0 Å². The lowest BCUT2D eigenvalue weighted by molar-refractivity contribution is 0.581. The number of nitrogens with one attached hydrogen (secondary N) is 1. The number of hydrogen-bond donors (Lipinski definition) is 1. The number of para-hydroxylation sites is 1. The highest BCUT2D eigenvalue weighted by molar-refractivity contribution is 7.89. The molecule has 0 aliphatic heterocycles. The summed E-state index contributed by atoms with van der Waals surface area (Å²) >= 11 is 1.47. The van der Waals surface area contributed by atoms with Crippen molar-refractivity contribution in [3.63, 3.8) is 0 Å². The molecule has 2 heterocycles. The standard InChI is InChI=1S/C16H17N3O2S2/c1-2-10-17-23(20,21)15-12-19(13-7-4-3-5-8-13)18-16(15)14-9-6-11-22-14/h3-9,11-12,17H,2,10H2,1H3. The Morgan fingerprint density at radius 1 is 1.17 bits per heavy atom. The van der Waals surface area contributed by atoms with Crippen LogP contribution in [0.3, 0.4) is 0 Å². The summed E-state index contributed by atoms with van der Waals surface area (Å²) in [5.74, 6) is 0. The number of hydrogen-bond acceptors (Lipinski definition) is 4. The molecule has 0 aliphatic rings. The molecule has 0 fully saturated rings. The van der Waals surface area contributed by atoms with Crippen LogP contribution in [0, 0.1) is 0 Å². The topological polar surface area (TPSA) is 64.0 Å². The second-order valence-electron chi connectivity index (χ2n) is 5.00. The maximum Gasteiger partial charge on any atom is 0.244 e. The van der Waals surface area contributed by atoms with Crippen LogP contribution in [0.15, 0.2) is 58.9 Å². The number of thiophene rings is 1. The summed E-state index contributed by atoms with van der Waals surface area (Å²) in [6, 6.07) is 13.2. The third-order valence-electron chi connectivity index (χ3n) is 3.29. The zero-order chi connectivity index (χ0) is 16.3. The fourth-order valence-corrected chi connectivity index (χ4v) is 4.23. The lowest BCUT2D eigenvalue weighted by Crippen LogP contribution is -2.24. The van der Waals surface area contributed by atoms with Crippen molar-refractivity contribution in [3.8, 4) is 16.3 Å². The summed E-state index contributed by atoms with van der Waals surface area (Å²) in [4.78, 5) is 1.04. The number of rotatable bonds is 6. The summed E-state index contributed by atoms with van der Waals surface area (Å²) < 4.78 is 29.4. The SMILES string of the molecule is CCCNS(=O)(=O)c1cn(-c2ccccc2)nc1-c1cccs1. The molecular formula is C16H17N3O2S2.